The van der Waals surface area contributed by atoms with E-state index in [0.717, 1.165) is 11.1 Å². The lowest BCUT2D eigenvalue weighted by Crippen LogP contribution is -2.32. The van der Waals surface area contributed by atoms with E-state index in [1.54, 1.807) is 51.1 Å². The molecular formula is C36H42N4O6. The molecule has 1 heterocycles. The number of ketones is 1. The molecule has 10 nitrogen and oxygen atoms in total. The Labute approximate surface area is 269 Å². The summed E-state index contributed by atoms with van der Waals surface area (Å²) >= 11 is 0. The van der Waals surface area contributed by atoms with Gasteiger partial charge in [0, 0.05) is 31.6 Å². The number of amides is 3. The Morgan fingerprint density at radius 2 is 1.61 bits per heavy atom. The van der Waals surface area contributed by atoms with Crippen molar-refractivity contribution in [3.05, 3.63) is 101 Å². The number of hydrogen-bond donors (Lipinski definition) is 3. The molecule has 2 unspecified atom stereocenters. The fourth-order valence-electron chi connectivity index (χ4n) is 4.86. The van der Waals surface area contributed by atoms with Gasteiger partial charge in [-0.15, -0.1) is 0 Å². The first-order valence-corrected chi connectivity index (χ1v) is 15.5. The van der Waals surface area contributed by atoms with Gasteiger partial charge in [0.2, 0.25) is 11.7 Å². The Bertz CT molecular complexity index is 1610. The summed E-state index contributed by atoms with van der Waals surface area (Å²) in [4.78, 5) is 55.2. The number of nitrogens with one attached hydrogen (secondary N) is 3. The van der Waals surface area contributed by atoms with Crippen molar-refractivity contribution in [1.82, 2.24) is 20.9 Å². The fourth-order valence-corrected chi connectivity index (χ4v) is 4.86. The molecule has 3 amide bonds. The van der Waals surface area contributed by atoms with Gasteiger partial charge in [-0.05, 0) is 74.9 Å². The summed E-state index contributed by atoms with van der Waals surface area (Å²) in [6.45, 7) is 8.30. The molecule has 0 saturated heterocycles. The largest absolute Gasteiger partial charge is 0.444 e. The number of carbonyl (C=O) groups excluding carboxylic acids is 4. The van der Waals surface area contributed by atoms with Crippen LogP contribution in [-0.4, -0.2) is 47.4 Å². The summed E-state index contributed by atoms with van der Waals surface area (Å²) in [5, 5.41) is 8.55. The molecule has 4 rings (SSSR count). The zero-order chi connectivity index (χ0) is 33.1. The van der Waals surface area contributed by atoms with Crippen molar-refractivity contribution < 1.29 is 28.3 Å². The van der Waals surface area contributed by atoms with Crippen molar-refractivity contribution in [3.63, 3.8) is 0 Å². The molecule has 0 aliphatic carbocycles. The monoisotopic (exact) mass is 626 g/mol. The van der Waals surface area contributed by atoms with Crippen molar-refractivity contribution in [2.24, 2.45) is 5.92 Å². The minimum atomic E-state index is -0.593. The molecular weight excluding hydrogens is 584 g/mol. The van der Waals surface area contributed by atoms with E-state index in [1.165, 1.54) is 0 Å². The second kappa shape index (κ2) is 15.8. The van der Waals surface area contributed by atoms with Crippen LogP contribution in [0.4, 0.5) is 4.79 Å². The first-order chi connectivity index (χ1) is 22.0. The maximum Gasteiger partial charge on any atom is 0.407 e. The number of para-hydroxylation sites is 2. The highest BCUT2D eigenvalue weighted by Crippen LogP contribution is 2.26. The average Bonchev–Trinajstić information content (AvgIpc) is 3.48. The van der Waals surface area contributed by atoms with E-state index in [1.807, 2.05) is 55.5 Å². The van der Waals surface area contributed by atoms with Crippen LogP contribution in [0.2, 0.25) is 0 Å². The van der Waals surface area contributed by atoms with E-state index in [0.29, 0.717) is 42.6 Å². The molecule has 0 saturated carbocycles. The molecule has 0 bridgehead atoms. The number of carbonyl (C=O) groups is 4. The second-order valence-corrected chi connectivity index (χ2v) is 12.4. The Kier molecular flexibility index (Phi) is 11.7. The molecule has 1 aromatic heterocycles. The number of nitrogens with zero attached hydrogens (tertiary/aromatic N) is 1. The van der Waals surface area contributed by atoms with E-state index in [-0.39, 0.29) is 42.4 Å². The third-order valence-electron chi connectivity index (χ3n) is 7.28. The molecule has 4 aromatic rings. The topological polar surface area (TPSA) is 140 Å². The smallest absolute Gasteiger partial charge is 0.407 e. The van der Waals surface area contributed by atoms with Crippen LogP contribution in [-0.2, 0) is 16.1 Å². The normalized spacial score (nSPS) is 12.6. The lowest BCUT2D eigenvalue weighted by atomic mass is 9.91. The van der Waals surface area contributed by atoms with Gasteiger partial charge in [0.15, 0.2) is 5.58 Å². The van der Waals surface area contributed by atoms with E-state index in [4.69, 9.17) is 9.15 Å². The van der Waals surface area contributed by atoms with Gasteiger partial charge in [-0.25, -0.2) is 9.78 Å². The number of hydrogen-bond acceptors (Lipinski definition) is 7. The quantitative estimate of drug-likeness (QED) is 0.142. The van der Waals surface area contributed by atoms with E-state index >= 15 is 0 Å². The van der Waals surface area contributed by atoms with Crippen LogP contribution in [0.25, 0.3) is 11.1 Å². The summed E-state index contributed by atoms with van der Waals surface area (Å²) in [6.07, 6.45) is 0.740. The standard InChI is InChI=1S/C36H42N4O6/c1-24(22-38-33(43)27-14-10-11-25(21-27)23-39-35(44)46-36(2,3)4)17-18-31(41)37-20-19-28(26-12-6-5-7-13-26)32(42)34-40-29-15-8-9-16-30(29)45-34/h5-16,21,24,28H,17-20,22-23H2,1-4H3,(H,37,41)(H,38,43)(H,39,44). The lowest BCUT2D eigenvalue weighted by molar-refractivity contribution is -0.121. The Morgan fingerprint density at radius 1 is 0.870 bits per heavy atom. The van der Waals surface area contributed by atoms with Crippen LogP contribution in [0, 0.1) is 5.92 Å². The molecule has 10 heteroatoms. The van der Waals surface area contributed by atoms with Gasteiger partial charge >= 0.3 is 6.09 Å². The molecule has 0 spiro atoms. The minimum Gasteiger partial charge on any atom is -0.444 e. The number of fused-ring (bicyclic) bond motifs is 1. The zero-order valence-electron chi connectivity index (χ0n) is 26.8. The van der Waals surface area contributed by atoms with Gasteiger partial charge in [-0.1, -0.05) is 61.5 Å². The highest BCUT2D eigenvalue weighted by atomic mass is 16.6. The second-order valence-electron chi connectivity index (χ2n) is 12.4. The maximum absolute atomic E-state index is 13.4. The van der Waals surface area contributed by atoms with E-state index < -0.39 is 17.6 Å². The molecule has 2 atom stereocenters. The number of oxazole rings is 1. The van der Waals surface area contributed by atoms with Gasteiger partial charge in [-0.2, -0.15) is 0 Å². The van der Waals surface area contributed by atoms with E-state index in [9.17, 15) is 19.2 Å². The van der Waals surface area contributed by atoms with Gasteiger partial charge < -0.3 is 25.1 Å². The summed E-state index contributed by atoms with van der Waals surface area (Å²) in [6, 6.07) is 23.7. The molecule has 0 fully saturated rings. The van der Waals surface area contributed by atoms with Gasteiger partial charge in [0.25, 0.3) is 11.8 Å². The third kappa shape index (κ3) is 10.3. The van der Waals surface area contributed by atoms with Crippen molar-refractivity contribution in [1.29, 1.82) is 0 Å². The van der Waals surface area contributed by atoms with Crippen molar-refractivity contribution in [2.75, 3.05) is 13.1 Å². The molecule has 0 radical (unpaired) electrons. The summed E-state index contributed by atoms with van der Waals surface area (Å²) in [7, 11) is 0. The van der Waals surface area contributed by atoms with Crippen LogP contribution in [0.3, 0.4) is 0 Å². The van der Waals surface area contributed by atoms with Crippen molar-refractivity contribution in [3.8, 4) is 0 Å². The zero-order valence-corrected chi connectivity index (χ0v) is 26.8. The first kappa shape index (κ1) is 33.9. The van der Waals surface area contributed by atoms with Gasteiger partial charge in [0.1, 0.15) is 11.1 Å². The fraction of sp³-hybridized carbons (Fsp3) is 0.361. The van der Waals surface area contributed by atoms with Crippen LogP contribution in [0.15, 0.2) is 83.3 Å². The van der Waals surface area contributed by atoms with Gasteiger partial charge in [0.05, 0.1) is 5.92 Å². The number of benzene rings is 3. The molecule has 46 heavy (non-hydrogen) atoms. The Balaban J connectivity index is 1.20. The highest BCUT2D eigenvalue weighted by molar-refractivity contribution is 5.99. The van der Waals surface area contributed by atoms with Crippen molar-refractivity contribution in [2.45, 2.75) is 65.0 Å². The highest BCUT2D eigenvalue weighted by Gasteiger charge is 2.26. The summed E-state index contributed by atoms with van der Waals surface area (Å²) in [5.74, 6) is -0.984. The Hall–Kier alpha value is -4.99. The molecule has 242 valence electrons. The summed E-state index contributed by atoms with van der Waals surface area (Å²) in [5.41, 5.74) is 2.67. The number of Topliss-reactive ketones (excluding diaryl/α,β-unsaturated/α-hetero) is 1. The number of rotatable bonds is 14. The minimum absolute atomic E-state index is 0.0569. The molecule has 3 N–H and O–H groups in total. The third-order valence-corrected chi connectivity index (χ3v) is 7.28. The van der Waals surface area contributed by atoms with E-state index in [2.05, 4.69) is 20.9 Å². The van der Waals surface area contributed by atoms with Crippen LogP contribution >= 0.6 is 0 Å². The number of ether oxygens (including phenoxy) is 1. The summed E-state index contributed by atoms with van der Waals surface area (Å²) < 4.78 is 11.0. The Morgan fingerprint density at radius 3 is 2.35 bits per heavy atom. The van der Waals surface area contributed by atoms with Crippen LogP contribution < -0.4 is 16.0 Å². The lowest BCUT2D eigenvalue weighted by Gasteiger charge is -2.19. The van der Waals surface area contributed by atoms with Crippen LogP contribution in [0.5, 0.6) is 0 Å². The number of aromatic nitrogens is 1. The van der Waals surface area contributed by atoms with Gasteiger partial charge in [-0.3, -0.25) is 14.4 Å². The van der Waals surface area contributed by atoms with Crippen molar-refractivity contribution >= 4 is 34.8 Å². The van der Waals surface area contributed by atoms with Crippen LogP contribution in [0.1, 0.15) is 85.0 Å². The number of alkyl carbamates (subject to hydrolysis) is 1. The average molecular weight is 627 g/mol. The SMILES string of the molecule is CC(CCC(=O)NCCC(C(=O)c1nc2ccccc2o1)c1ccccc1)CNC(=O)c1cccc(CNC(=O)OC(C)(C)C)c1. The predicted octanol–water partition coefficient (Wildman–Crippen LogP) is 6.17. The maximum atomic E-state index is 13.4. The molecule has 0 aliphatic rings. The molecule has 0 aliphatic heterocycles. The predicted molar refractivity (Wildman–Crippen MR) is 175 cm³/mol. The molecule has 3 aromatic carbocycles. The first-order valence-electron chi connectivity index (χ1n) is 15.5.